The lowest BCUT2D eigenvalue weighted by Gasteiger charge is -2.16. The number of ether oxygens (including phenoxy) is 2. The zero-order valence-electron chi connectivity index (χ0n) is 17.7. The molecule has 7 nitrogen and oxygen atoms in total. The molecule has 1 aromatic heterocycles. The highest BCUT2D eigenvalue weighted by molar-refractivity contribution is 6.00. The van der Waals surface area contributed by atoms with Crippen LogP contribution >= 0.6 is 0 Å². The molecule has 2 aliphatic heterocycles. The van der Waals surface area contributed by atoms with Crippen molar-refractivity contribution >= 4 is 11.5 Å². The first kappa shape index (κ1) is 20.9. The van der Waals surface area contributed by atoms with E-state index in [1.807, 2.05) is 48.2 Å². The van der Waals surface area contributed by atoms with Crippen molar-refractivity contribution in [3.05, 3.63) is 76.8 Å². The molecule has 0 spiro atoms. The lowest BCUT2D eigenvalue weighted by molar-refractivity contribution is 0.0643. The molecule has 3 heterocycles. The molecule has 0 radical (unpaired) electrons. The number of amides is 1. The summed E-state index contributed by atoms with van der Waals surface area (Å²) in [5.41, 5.74) is 16.6. The molecule has 4 N–H and O–H groups in total. The lowest BCUT2D eigenvalue weighted by atomic mass is 10.0. The van der Waals surface area contributed by atoms with Gasteiger partial charge in [-0.05, 0) is 54.2 Å². The van der Waals surface area contributed by atoms with Crippen LogP contribution in [0.3, 0.4) is 0 Å². The largest absolute Gasteiger partial charge is 0.474 e. The molecular formula is C24H28N4O3. The third-order valence-electron chi connectivity index (χ3n) is 5.52. The summed E-state index contributed by atoms with van der Waals surface area (Å²) in [7, 11) is 0. The average Bonchev–Trinajstić information content (AvgIpc) is 3.40. The number of rotatable bonds is 7. The van der Waals surface area contributed by atoms with Crippen LogP contribution in [0.2, 0.25) is 0 Å². The second kappa shape index (κ2) is 9.22. The molecular weight excluding hydrogens is 392 g/mol. The number of hydrogen-bond acceptors (Lipinski definition) is 6. The molecule has 31 heavy (non-hydrogen) atoms. The van der Waals surface area contributed by atoms with Gasteiger partial charge in [0.05, 0.1) is 6.10 Å². The van der Waals surface area contributed by atoms with E-state index in [1.165, 1.54) is 6.20 Å². The minimum Gasteiger partial charge on any atom is -0.474 e. The van der Waals surface area contributed by atoms with Crippen LogP contribution < -0.4 is 16.2 Å². The van der Waals surface area contributed by atoms with E-state index in [1.54, 1.807) is 6.20 Å². The smallest absolute Gasteiger partial charge is 0.260 e. The van der Waals surface area contributed by atoms with Gasteiger partial charge in [0.15, 0.2) is 0 Å². The molecule has 1 unspecified atom stereocenters. The van der Waals surface area contributed by atoms with Gasteiger partial charge in [-0.3, -0.25) is 4.79 Å². The molecule has 0 saturated carbocycles. The monoisotopic (exact) mass is 420 g/mol. The average molecular weight is 421 g/mol. The van der Waals surface area contributed by atoms with E-state index in [0.29, 0.717) is 36.8 Å². The summed E-state index contributed by atoms with van der Waals surface area (Å²) >= 11 is 0. The maximum Gasteiger partial charge on any atom is 0.260 e. The Labute approximate surface area is 182 Å². The Hall–Kier alpha value is -3.32. The summed E-state index contributed by atoms with van der Waals surface area (Å²) in [6.07, 6.45) is 7.17. The number of nitrogens with zero attached hydrogens (tertiary/aromatic N) is 2. The van der Waals surface area contributed by atoms with Gasteiger partial charge in [-0.25, -0.2) is 4.98 Å². The van der Waals surface area contributed by atoms with Crippen molar-refractivity contribution in [3.63, 3.8) is 0 Å². The number of carbonyl (C=O) groups is 1. The van der Waals surface area contributed by atoms with Gasteiger partial charge in [-0.2, -0.15) is 0 Å². The van der Waals surface area contributed by atoms with Gasteiger partial charge < -0.3 is 25.8 Å². The molecule has 1 amide bonds. The zero-order chi connectivity index (χ0) is 21.8. The number of pyridine rings is 1. The first-order valence-corrected chi connectivity index (χ1v) is 10.5. The minimum absolute atomic E-state index is 0.0567. The first-order valence-electron chi connectivity index (χ1n) is 10.5. The molecule has 1 atom stereocenters. The summed E-state index contributed by atoms with van der Waals surface area (Å²) in [6, 6.07) is 9.86. The van der Waals surface area contributed by atoms with Gasteiger partial charge in [-0.15, -0.1) is 0 Å². The van der Waals surface area contributed by atoms with Crippen LogP contribution in [0.25, 0.3) is 5.57 Å². The van der Waals surface area contributed by atoms with Crippen molar-refractivity contribution in [1.82, 2.24) is 9.88 Å². The van der Waals surface area contributed by atoms with E-state index in [9.17, 15) is 4.79 Å². The molecule has 4 rings (SSSR count). The SMILES string of the molecule is C/C(N)=C/C(=C\N)c1ccc(CN2Cc3ccnc(OCC4CCCO4)c3C2=O)cc1. The summed E-state index contributed by atoms with van der Waals surface area (Å²) in [6.45, 7) is 4.06. The van der Waals surface area contributed by atoms with Gasteiger partial charge in [0.1, 0.15) is 12.2 Å². The molecule has 0 bridgehead atoms. The van der Waals surface area contributed by atoms with Crippen molar-refractivity contribution in [3.8, 4) is 5.88 Å². The van der Waals surface area contributed by atoms with Crippen molar-refractivity contribution in [2.45, 2.75) is 39.0 Å². The number of allylic oxidation sites excluding steroid dienone is 3. The Morgan fingerprint density at radius 3 is 2.81 bits per heavy atom. The molecule has 162 valence electrons. The topological polar surface area (TPSA) is 104 Å². The summed E-state index contributed by atoms with van der Waals surface area (Å²) in [4.78, 5) is 19.2. The second-order valence-electron chi connectivity index (χ2n) is 7.96. The highest BCUT2D eigenvalue weighted by Crippen LogP contribution is 2.31. The Bertz CT molecular complexity index is 1000. The Morgan fingerprint density at radius 2 is 2.13 bits per heavy atom. The molecule has 1 aromatic carbocycles. The van der Waals surface area contributed by atoms with Gasteiger partial charge in [-0.1, -0.05) is 24.3 Å². The Morgan fingerprint density at radius 1 is 1.32 bits per heavy atom. The van der Waals surface area contributed by atoms with E-state index < -0.39 is 0 Å². The molecule has 2 aromatic rings. The molecule has 1 fully saturated rings. The maximum atomic E-state index is 13.1. The number of aromatic nitrogens is 1. The van der Waals surface area contributed by atoms with Crippen LogP contribution in [0.1, 0.15) is 46.8 Å². The number of hydrogen-bond donors (Lipinski definition) is 2. The van der Waals surface area contributed by atoms with Crippen LogP contribution in [-0.2, 0) is 17.8 Å². The predicted molar refractivity (Wildman–Crippen MR) is 119 cm³/mol. The first-order chi connectivity index (χ1) is 15.0. The van der Waals surface area contributed by atoms with E-state index in [0.717, 1.165) is 41.7 Å². The van der Waals surface area contributed by atoms with Crippen molar-refractivity contribution in [1.29, 1.82) is 0 Å². The number of benzene rings is 1. The van der Waals surface area contributed by atoms with Gasteiger partial charge >= 0.3 is 0 Å². The fourth-order valence-electron chi connectivity index (χ4n) is 3.96. The number of carbonyl (C=O) groups excluding carboxylic acids is 1. The highest BCUT2D eigenvalue weighted by Gasteiger charge is 2.32. The standard InChI is InChI=1S/C24H28N4O3/c1-16(26)11-20(12-25)18-6-4-17(5-7-18)13-28-14-19-8-9-27-23(22(19)24(28)29)31-15-21-3-2-10-30-21/h4-9,11-12,21H,2-3,10,13-15,25-26H2,1H3/b16-11-,20-12+. The molecule has 0 aliphatic carbocycles. The van der Waals surface area contributed by atoms with Gasteiger partial charge in [0, 0.05) is 37.8 Å². The van der Waals surface area contributed by atoms with E-state index in [2.05, 4.69) is 4.98 Å². The molecule has 2 aliphatic rings. The van der Waals surface area contributed by atoms with Crippen LogP contribution in [0.5, 0.6) is 5.88 Å². The fraction of sp³-hybridized carbons (Fsp3) is 0.333. The number of nitrogens with two attached hydrogens (primary N) is 2. The van der Waals surface area contributed by atoms with Gasteiger partial charge in [0.2, 0.25) is 5.88 Å². The fourth-order valence-corrected chi connectivity index (χ4v) is 3.96. The quantitative estimate of drug-likeness (QED) is 0.668. The Balaban J connectivity index is 1.44. The van der Waals surface area contributed by atoms with Crippen LogP contribution in [-0.4, -0.2) is 35.1 Å². The third kappa shape index (κ3) is 4.72. The third-order valence-corrected chi connectivity index (χ3v) is 5.52. The number of fused-ring (bicyclic) bond motifs is 1. The van der Waals surface area contributed by atoms with Crippen LogP contribution in [0, 0.1) is 0 Å². The maximum absolute atomic E-state index is 13.1. The van der Waals surface area contributed by atoms with E-state index >= 15 is 0 Å². The normalized spacial score (nSPS) is 19.1. The summed E-state index contributed by atoms with van der Waals surface area (Å²) in [5.74, 6) is 0.344. The van der Waals surface area contributed by atoms with Crippen LogP contribution in [0.15, 0.2) is 54.5 Å². The summed E-state index contributed by atoms with van der Waals surface area (Å²) in [5, 5.41) is 0. The van der Waals surface area contributed by atoms with Crippen molar-refractivity contribution < 1.29 is 14.3 Å². The van der Waals surface area contributed by atoms with E-state index in [-0.39, 0.29) is 12.0 Å². The molecule has 7 heteroatoms. The highest BCUT2D eigenvalue weighted by atomic mass is 16.5. The predicted octanol–water partition coefficient (Wildman–Crippen LogP) is 2.96. The van der Waals surface area contributed by atoms with Crippen molar-refractivity contribution in [2.24, 2.45) is 11.5 Å². The van der Waals surface area contributed by atoms with Crippen LogP contribution in [0.4, 0.5) is 0 Å². The summed E-state index contributed by atoms with van der Waals surface area (Å²) < 4.78 is 11.5. The molecule has 1 saturated heterocycles. The van der Waals surface area contributed by atoms with Gasteiger partial charge in [0.25, 0.3) is 5.91 Å². The minimum atomic E-state index is -0.0567. The van der Waals surface area contributed by atoms with Crippen molar-refractivity contribution in [2.75, 3.05) is 13.2 Å². The van der Waals surface area contributed by atoms with E-state index in [4.69, 9.17) is 20.9 Å². The zero-order valence-corrected chi connectivity index (χ0v) is 17.7. The Kier molecular flexibility index (Phi) is 6.23. The second-order valence-corrected chi connectivity index (χ2v) is 7.96. The lowest BCUT2D eigenvalue weighted by Crippen LogP contribution is -2.24.